The summed E-state index contributed by atoms with van der Waals surface area (Å²) in [6, 6.07) is 9.20. The number of carbonyl (C=O) groups is 1. The normalized spacial score (nSPS) is 10.6. The van der Waals surface area contributed by atoms with Gasteiger partial charge in [0.25, 0.3) is 0 Å². The number of carboxylic acid groups (broad SMARTS) is 1. The first-order chi connectivity index (χ1) is 10.1. The number of aliphatic carboxylic acids is 1. The predicted octanol–water partition coefficient (Wildman–Crippen LogP) is 2.67. The van der Waals surface area contributed by atoms with Crippen LogP contribution in [0.5, 0.6) is 5.75 Å². The van der Waals surface area contributed by atoms with Gasteiger partial charge in [-0.2, -0.15) is 5.10 Å². The van der Waals surface area contributed by atoms with E-state index in [2.05, 4.69) is 25.0 Å². The molecule has 2 aromatic rings. The summed E-state index contributed by atoms with van der Waals surface area (Å²) in [5.41, 5.74) is 2.87. The van der Waals surface area contributed by atoms with E-state index >= 15 is 0 Å². The zero-order chi connectivity index (χ0) is 15.2. The predicted molar refractivity (Wildman–Crippen MR) is 79.4 cm³/mol. The Balaban J connectivity index is 1.99. The molecule has 0 spiro atoms. The molecule has 0 radical (unpaired) electrons. The molecule has 0 fully saturated rings. The number of aryl methyl sites for hydroxylation is 2. The molecule has 0 aliphatic heterocycles. The third kappa shape index (κ3) is 4.08. The van der Waals surface area contributed by atoms with Crippen LogP contribution in [0.15, 0.2) is 30.3 Å². The van der Waals surface area contributed by atoms with Gasteiger partial charge in [0.05, 0.1) is 17.8 Å². The summed E-state index contributed by atoms with van der Waals surface area (Å²) >= 11 is 0. The van der Waals surface area contributed by atoms with Gasteiger partial charge in [0.2, 0.25) is 0 Å². The highest BCUT2D eigenvalue weighted by Crippen LogP contribution is 2.15. The first-order valence-corrected chi connectivity index (χ1v) is 7.11. The Morgan fingerprint density at radius 1 is 1.29 bits per heavy atom. The quantitative estimate of drug-likeness (QED) is 0.850. The second-order valence-electron chi connectivity index (χ2n) is 4.80. The van der Waals surface area contributed by atoms with Crippen LogP contribution in [0.1, 0.15) is 30.8 Å². The van der Waals surface area contributed by atoms with Gasteiger partial charge < -0.3 is 9.84 Å². The Bertz CT molecular complexity index is 602. The molecule has 112 valence electrons. The number of nitrogens with zero attached hydrogens (tertiary/aromatic N) is 2. The van der Waals surface area contributed by atoms with Crippen LogP contribution in [0.25, 0.3) is 0 Å². The van der Waals surface area contributed by atoms with E-state index in [9.17, 15) is 4.79 Å². The molecule has 1 N–H and O–H groups in total. The number of hydrogen-bond donors (Lipinski definition) is 1. The zero-order valence-electron chi connectivity index (χ0n) is 12.4. The van der Waals surface area contributed by atoms with Crippen molar-refractivity contribution in [2.75, 3.05) is 0 Å². The summed E-state index contributed by atoms with van der Waals surface area (Å²) in [5, 5.41) is 13.2. The average molecular weight is 288 g/mol. The molecule has 1 aromatic heterocycles. The number of benzene rings is 1. The van der Waals surface area contributed by atoms with E-state index in [4.69, 9.17) is 9.84 Å². The summed E-state index contributed by atoms with van der Waals surface area (Å²) in [6.07, 6.45) is 0.937. The van der Waals surface area contributed by atoms with Crippen molar-refractivity contribution < 1.29 is 14.6 Å². The molecular weight excluding hydrogens is 268 g/mol. The van der Waals surface area contributed by atoms with Gasteiger partial charge in [-0.1, -0.05) is 19.1 Å². The largest absolute Gasteiger partial charge is 0.487 e. The summed E-state index contributed by atoms with van der Waals surface area (Å²) in [4.78, 5) is 10.6. The van der Waals surface area contributed by atoms with E-state index in [1.54, 1.807) is 24.3 Å². The van der Waals surface area contributed by atoms with Gasteiger partial charge in [-0.15, -0.1) is 0 Å². The highest BCUT2D eigenvalue weighted by Gasteiger charge is 2.07. The lowest BCUT2D eigenvalue weighted by molar-refractivity contribution is -0.136. The minimum absolute atomic E-state index is 0.0305. The van der Waals surface area contributed by atoms with Crippen LogP contribution in [0.2, 0.25) is 0 Å². The van der Waals surface area contributed by atoms with E-state index in [-0.39, 0.29) is 6.42 Å². The van der Waals surface area contributed by atoms with Crippen molar-refractivity contribution in [2.24, 2.45) is 0 Å². The fraction of sp³-hybridized carbons (Fsp3) is 0.375. The smallest absolute Gasteiger partial charge is 0.307 e. The number of carboxylic acids is 1. The Morgan fingerprint density at radius 3 is 2.57 bits per heavy atom. The molecule has 0 aliphatic carbocycles. The number of ether oxygens (including phenoxy) is 1. The maximum Gasteiger partial charge on any atom is 0.307 e. The summed E-state index contributed by atoms with van der Waals surface area (Å²) in [6.45, 7) is 5.40. The van der Waals surface area contributed by atoms with Crippen LogP contribution in [-0.2, 0) is 30.8 Å². The first-order valence-electron chi connectivity index (χ1n) is 7.11. The molecule has 2 rings (SSSR count). The highest BCUT2D eigenvalue weighted by atomic mass is 16.5. The molecule has 0 aliphatic rings. The van der Waals surface area contributed by atoms with Gasteiger partial charge in [0.1, 0.15) is 12.4 Å². The lowest BCUT2D eigenvalue weighted by Crippen LogP contribution is -2.06. The van der Waals surface area contributed by atoms with Crippen LogP contribution in [-0.4, -0.2) is 20.9 Å². The van der Waals surface area contributed by atoms with E-state index in [1.807, 2.05) is 4.68 Å². The molecule has 1 aromatic carbocycles. The van der Waals surface area contributed by atoms with Gasteiger partial charge >= 0.3 is 5.97 Å². The molecule has 5 nitrogen and oxygen atoms in total. The van der Waals surface area contributed by atoms with Crippen LogP contribution in [0.3, 0.4) is 0 Å². The monoisotopic (exact) mass is 288 g/mol. The molecule has 0 unspecified atom stereocenters. The highest BCUT2D eigenvalue weighted by molar-refractivity contribution is 5.70. The molecule has 0 saturated heterocycles. The standard InChI is InChI=1S/C16H20N2O3/c1-3-13-10-14(18(4-2)17-13)11-21-15-7-5-12(6-8-15)9-16(19)20/h5-8,10H,3-4,9,11H2,1-2H3,(H,19,20). The van der Waals surface area contributed by atoms with Gasteiger partial charge in [-0.3, -0.25) is 9.48 Å². The van der Waals surface area contributed by atoms with Crippen LogP contribution >= 0.6 is 0 Å². The maximum absolute atomic E-state index is 10.6. The molecule has 1 heterocycles. The van der Waals surface area contributed by atoms with Gasteiger partial charge in [-0.05, 0) is 37.1 Å². The Kier molecular flexibility index (Phi) is 4.98. The van der Waals surface area contributed by atoms with Gasteiger partial charge in [-0.25, -0.2) is 0 Å². The Hall–Kier alpha value is -2.30. The Labute approximate surface area is 124 Å². The van der Waals surface area contributed by atoms with E-state index in [0.29, 0.717) is 6.61 Å². The first kappa shape index (κ1) is 15.1. The van der Waals surface area contributed by atoms with E-state index in [0.717, 1.165) is 35.7 Å². The fourth-order valence-corrected chi connectivity index (χ4v) is 2.11. The number of aromatic nitrogens is 2. The molecular formula is C16H20N2O3. The third-order valence-electron chi connectivity index (χ3n) is 3.24. The zero-order valence-corrected chi connectivity index (χ0v) is 12.4. The molecule has 0 amide bonds. The van der Waals surface area contributed by atoms with E-state index < -0.39 is 5.97 Å². The van der Waals surface area contributed by atoms with Crippen LogP contribution in [0, 0.1) is 0 Å². The van der Waals surface area contributed by atoms with Crippen molar-refractivity contribution >= 4 is 5.97 Å². The topological polar surface area (TPSA) is 64.3 Å². The average Bonchev–Trinajstić information content (AvgIpc) is 2.88. The lowest BCUT2D eigenvalue weighted by Gasteiger charge is -2.08. The number of hydrogen-bond acceptors (Lipinski definition) is 3. The van der Waals surface area contributed by atoms with Crippen molar-refractivity contribution in [3.63, 3.8) is 0 Å². The van der Waals surface area contributed by atoms with Crippen molar-refractivity contribution in [3.8, 4) is 5.75 Å². The van der Waals surface area contributed by atoms with E-state index in [1.165, 1.54) is 0 Å². The van der Waals surface area contributed by atoms with Crippen molar-refractivity contribution in [1.82, 2.24) is 9.78 Å². The van der Waals surface area contributed by atoms with Crippen LogP contribution in [0.4, 0.5) is 0 Å². The third-order valence-corrected chi connectivity index (χ3v) is 3.24. The Morgan fingerprint density at radius 2 is 2.00 bits per heavy atom. The van der Waals surface area contributed by atoms with Crippen molar-refractivity contribution in [2.45, 2.75) is 39.8 Å². The summed E-state index contributed by atoms with van der Waals surface area (Å²) < 4.78 is 7.69. The minimum atomic E-state index is -0.831. The molecule has 0 bridgehead atoms. The molecule has 21 heavy (non-hydrogen) atoms. The molecule has 0 saturated carbocycles. The molecule has 5 heteroatoms. The van der Waals surface area contributed by atoms with Crippen LogP contribution < -0.4 is 4.74 Å². The summed E-state index contributed by atoms with van der Waals surface area (Å²) in [5.74, 6) is -0.103. The maximum atomic E-state index is 10.6. The fourth-order valence-electron chi connectivity index (χ4n) is 2.11. The second-order valence-corrected chi connectivity index (χ2v) is 4.80. The SMILES string of the molecule is CCc1cc(COc2ccc(CC(=O)O)cc2)n(CC)n1. The lowest BCUT2D eigenvalue weighted by atomic mass is 10.1. The van der Waals surface area contributed by atoms with Gasteiger partial charge in [0.15, 0.2) is 0 Å². The summed E-state index contributed by atoms with van der Waals surface area (Å²) in [7, 11) is 0. The second kappa shape index (κ2) is 6.92. The van der Waals surface area contributed by atoms with Crippen molar-refractivity contribution in [3.05, 3.63) is 47.3 Å². The molecule has 0 atom stereocenters. The minimum Gasteiger partial charge on any atom is -0.487 e. The van der Waals surface area contributed by atoms with Crippen molar-refractivity contribution in [1.29, 1.82) is 0 Å². The van der Waals surface area contributed by atoms with Gasteiger partial charge in [0, 0.05) is 6.54 Å². The number of rotatable bonds is 7.